The molecule has 0 bridgehead atoms. The highest BCUT2D eigenvalue weighted by molar-refractivity contribution is 5.37. The van der Waals surface area contributed by atoms with Crippen LogP contribution in [-0.4, -0.2) is 0 Å². The van der Waals surface area contributed by atoms with Crippen LogP contribution in [0, 0.1) is 37.5 Å². The van der Waals surface area contributed by atoms with E-state index in [-0.39, 0.29) is 0 Å². The first kappa shape index (κ1) is 14.0. The highest BCUT2D eigenvalue weighted by atomic mass is 13.9. The number of rotatable bonds is 1. The third kappa shape index (κ3) is 4.68. The summed E-state index contributed by atoms with van der Waals surface area (Å²) < 4.78 is 0. The van der Waals surface area contributed by atoms with Gasteiger partial charge in [-0.25, -0.2) is 0 Å². The van der Waals surface area contributed by atoms with E-state index >= 15 is 0 Å². The van der Waals surface area contributed by atoms with E-state index in [0.29, 0.717) is 0 Å². The summed E-state index contributed by atoms with van der Waals surface area (Å²) in [7, 11) is 0. The minimum Gasteiger partial charge on any atom is -0.0969 e. The molecular formula is C20H18. The Kier molecular flexibility index (Phi) is 5.05. The van der Waals surface area contributed by atoms with Crippen LogP contribution < -0.4 is 0 Å². The first-order chi connectivity index (χ1) is 9.74. The largest absolute Gasteiger partial charge is 0.0969 e. The van der Waals surface area contributed by atoms with Crippen molar-refractivity contribution < 1.29 is 0 Å². The second-order valence-electron chi connectivity index (χ2n) is 4.84. The van der Waals surface area contributed by atoms with Gasteiger partial charge in [0.2, 0.25) is 0 Å². The van der Waals surface area contributed by atoms with Crippen LogP contribution >= 0.6 is 0 Å². The van der Waals surface area contributed by atoms with Crippen LogP contribution in [0.25, 0.3) is 0 Å². The van der Waals surface area contributed by atoms with Crippen molar-refractivity contribution in [3.05, 3.63) is 70.8 Å². The first-order valence-electron chi connectivity index (χ1n) is 6.85. The zero-order valence-corrected chi connectivity index (χ0v) is 12.0. The Morgan fingerprint density at radius 3 is 1.30 bits per heavy atom. The van der Waals surface area contributed by atoms with Gasteiger partial charge in [0.05, 0.1) is 0 Å². The summed E-state index contributed by atoms with van der Waals surface area (Å²) in [5.74, 6) is 12.6. The molecule has 0 atom stereocenters. The SMILES string of the molecule is Cc1ccc(C#CCCC#Cc2ccc(C)cc2)cc1. The lowest BCUT2D eigenvalue weighted by Crippen LogP contribution is -1.76. The van der Waals surface area contributed by atoms with E-state index in [4.69, 9.17) is 0 Å². The maximum Gasteiger partial charge on any atom is 0.0245 e. The van der Waals surface area contributed by atoms with Gasteiger partial charge in [-0.15, -0.1) is 0 Å². The van der Waals surface area contributed by atoms with E-state index in [2.05, 4.69) is 86.1 Å². The fourth-order valence-electron chi connectivity index (χ4n) is 1.73. The normalized spacial score (nSPS) is 9.10. The molecule has 0 aromatic heterocycles. The number of hydrogen-bond donors (Lipinski definition) is 0. The highest BCUT2D eigenvalue weighted by Crippen LogP contribution is 2.02. The molecule has 0 aliphatic carbocycles. The maximum absolute atomic E-state index is 3.16. The zero-order valence-electron chi connectivity index (χ0n) is 12.0. The Balaban J connectivity index is 1.83. The lowest BCUT2D eigenvalue weighted by molar-refractivity contribution is 1.12. The molecule has 0 unspecified atom stereocenters. The molecule has 20 heavy (non-hydrogen) atoms. The fourth-order valence-corrected chi connectivity index (χ4v) is 1.73. The zero-order chi connectivity index (χ0) is 14.2. The van der Waals surface area contributed by atoms with Crippen molar-refractivity contribution in [2.75, 3.05) is 0 Å². The molecule has 0 N–H and O–H groups in total. The van der Waals surface area contributed by atoms with E-state index in [9.17, 15) is 0 Å². The van der Waals surface area contributed by atoms with Gasteiger partial charge in [-0.3, -0.25) is 0 Å². The second kappa shape index (κ2) is 7.22. The van der Waals surface area contributed by atoms with Crippen LogP contribution in [0.15, 0.2) is 48.5 Å². The summed E-state index contributed by atoms with van der Waals surface area (Å²) in [5.41, 5.74) is 4.67. The molecule has 2 rings (SSSR count). The lowest BCUT2D eigenvalue weighted by Gasteiger charge is -1.91. The summed E-state index contributed by atoms with van der Waals surface area (Å²) in [6.45, 7) is 4.16. The average Bonchev–Trinajstić information content (AvgIpc) is 2.46. The topological polar surface area (TPSA) is 0 Å². The van der Waals surface area contributed by atoms with Gasteiger partial charge < -0.3 is 0 Å². The quantitative estimate of drug-likeness (QED) is 0.522. The maximum atomic E-state index is 3.16. The minimum atomic E-state index is 0.812. The van der Waals surface area contributed by atoms with Crippen LogP contribution in [0.4, 0.5) is 0 Å². The molecule has 0 saturated heterocycles. The molecule has 0 amide bonds. The van der Waals surface area contributed by atoms with Crippen molar-refractivity contribution >= 4 is 0 Å². The fraction of sp³-hybridized carbons (Fsp3) is 0.200. The van der Waals surface area contributed by atoms with E-state index in [1.165, 1.54) is 11.1 Å². The van der Waals surface area contributed by atoms with Gasteiger partial charge in [-0.2, -0.15) is 0 Å². The molecule has 2 aromatic rings. The van der Waals surface area contributed by atoms with Crippen LogP contribution in [0.1, 0.15) is 35.1 Å². The summed E-state index contributed by atoms with van der Waals surface area (Å²) >= 11 is 0. The lowest BCUT2D eigenvalue weighted by atomic mass is 10.1. The summed E-state index contributed by atoms with van der Waals surface area (Å²) in [5, 5.41) is 0. The summed E-state index contributed by atoms with van der Waals surface area (Å²) in [4.78, 5) is 0. The Labute approximate surface area is 121 Å². The van der Waals surface area contributed by atoms with E-state index in [1.54, 1.807) is 0 Å². The van der Waals surface area contributed by atoms with Crippen molar-refractivity contribution in [1.29, 1.82) is 0 Å². The van der Waals surface area contributed by atoms with Gasteiger partial charge in [0.1, 0.15) is 0 Å². The summed E-state index contributed by atoms with van der Waals surface area (Å²) in [6.07, 6.45) is 1.62. The second-order valence-corrected chi connectivity index (χ2v) is 4.84. The number of hydrogen-bond acceptors (Lipinski definition) is 0. The van der Waals surface area contributed by atoms with Gasteiger partial charge in [0.25, 0.3) is 0 Å². The molecule has 0 fully saturated rings. The van der Waals surface area contributed by atoms with E-state index in [0.717, 1.165) is 24.0 Å². The standard InChI is InChI=1S/C20H18/c1-17-9-13-19(14-10-17)7-5-3-4-6-8-20-15-11-18(2)12-16-20/h9-16H,3-4H2,1-2H3. The molecule has 0 heterocycles. The smallest absolute Gasteiger partial charge is 0.0245 e. The predicted octanol–water partition coefficient (Wildman–Crippen LogP) is 4.49. The number of benzene rings is 2. The molecule has 0 aliphatic heterocycles. The van der Waals surface area contributed by atoms with Crippen molar-refractivity contribution in [2.24, 2.45) is 0 Å². The van der Waals surface area contributed by atoms with Crippen LogP contribution in [0.5, 0.6) is 0 Å². The van der Waals surface area contributed by atoms with Crippen molar-refractivity contribution in [1.82, 2.24) is 0 Å². The average molecular weight is 258 g/mol. The van der Waals surface area contributed by atoms with Gasteiger partial charge in [0, 0.05) is 24.0 Å². The third-order valence-corrected chi connectivity index (χ3v) is 2.94. The predicted molar refractivity (Wildman–Crippen MR) is 85.3 cm³/mol. The Morgan fingerprint density at radius 2 is 0.950 bits per heavy atom. The van der Waals surface area contributed by atoms with Crippen LogP contribution in [0.2, 0.25) is 0 Å². The van der Waals surface area contributed by atoms with Gasteiger partial charge in [-0.1, -0.05) is 59.1 Å². The molecule has 0 radical (unpaired) electrons. The summed E-state index contributed by atoms with van der Waals surface area (Å²) in [6, 6.07) is 16.6. The van der Waals surface area contributed by atoms with E-state index < -0.39 is 0 Å². The van der Waals surface area contributed by atoms with Crippen molar-refractivity contribution in [2.45, 2.75) is 26.7 Å². The van der Waals surface area contributed by atoms with Gasteiger partial charge in [0.15, 0.2) is 0 Å². The molecule has 0 nitrogen and oxygen atoms in total. The molecule has 2 aromatic carbocycles. The Bertz CT molecular complexity index is 602. The molecule has 0 spiro atoms. The third-order valence-electron chi connectivity index (χ3n) is 2.94. The van der Waals surface area contributed by atoms with Gasteiger partial charge in [-0.05, 0) is 38.1 Å². The first-order valence-corrected chi connectivity index (χ1v) is 6.85. The van der Waals surface area contributed by atoms with Crippen LogP contribution in [0.3, 0.4) is 0 Å². The monoisotopic (exact) mass is 258 g/mol. The Hall–Kier alpha value is -2.44. The highest BCUT2D eigenvalue weighted by Gasteiger charge is 1.86. The minimum absolute atomic E-state index is 0.812. The van der Waals surface area contributed by atoms with Crippen LogP contribution in [-0.2, 0) is 0 Å². The molecule has 0 saturated carbocycles. The molecule has 0 heteroatoms. The molecule has 98 valence electrons. The van der Waals surface area contributed by atoms with Gasteiger partial charge >= 0.3 is 0 Å². The van der Waals surface area contributed by atoms with Crippen molar-refractivity contribution in [3.63, 3.8) is 0 Å². The number of unbranched alkanes of at least 4 members (excludes halogenated alkanes) is 1. The molecule has 0 aliphatic rings. The van der Waals surface area contributed by atoms with Crippen molar-refractivity contribution in [3.8, 4) is 23.7 Å². The Morgan fingerprint density at radius 1 is 0.600 bits per heavy atom. The van der Waals surface area contributed by atoms with E-state index in [1.807, 2.05) is 0 Å². The molecular weight excluding hydrogens is 240 g/mol. The number of aryl methyl sites for hydroxylation is 2.